The standard InChI is InChI=1S/C20H14O2.C11H12N2O2/c21-17-11-9-13-5-1-3-7-15(13)19(17)20-16-8-4-2-6-14(16)10-12-18(20)22;14-10-7-6-9(13-10)11(15)12-8-4-2-1-3-5-8/h1-12,21-22H;1-5,9H,6-7H2,(H,12,15)(H,13,14)/t;9-/m.0/s1. The SMILES string of the molecule is O=C1CC[C@@H](C(=O)Nc2ccccc2)N1.Oc1ccc2ccccc2c1-c1c(O)ccc2ccccc12. The lowest BCUT2D eigenvalue weighted by Crippen LogP contribution is -2.37. The summed E-state index contributed by atoms with van der Waals surface area (Å²) in [6.07, 6.45) is 1.02. The van der Waals surface area contributed by atoms with E-state index in [1.807, 2.05) is 91.0 Å². The van der Waals surface area contributed by atoms with E-state index in [-0.39, 0.29) is 29.4 Å². The predicted molar refractivity (Wildman–Crippen MR) is 146 cm³/mol. The Labute approximate surface area is 214 Å². The normalized spacial score (nSPS) is 14.6. The molecule has 6 heteroatoms. The molecule has 6 nitrogen and oxygen atoms in total. The first kappa shape index (κ1) is 23.9. The third-order valence-corrected chi connectivity index (χ3v) is 6.42. The van der Waals surface area contributed by atoms with Crippen LogP contribution in [0.3, 0.4) is 0 Å². The van der Waals surface area contributed by atoms with Gasteiger partial charge in [0.05, 0.1) is 0 Å². The average molecular weight is 491 g/mol. The molecule has 0 bridgehead atoms. The highest BCUT2D eigenvalue weighted by Gasteiger charge is 2.27. The first-order chi connectivity index (χ1) is 18.0. The van der Waals surface area contributed by atoms with E-state index in [9.17, 15) is 19.8 Å². The third kappa shape index (κ3) is 5.09. The van der Waals surface area contributed by atoms with Gasteiger partial charge in [0, 0.05) is 23.2 Å². The Morgan fingerprint density at radius 1 is 0.703 bits per heavy atom. The van der Waals surface area contributed by atoms with Crippen LogP contribution >= 0.6 is 0 Å². The van der Waals surface area contributed by atoms with Crippen molar-refractivity contribution in [3.8, 4) is 22.6 Å². The lowest BCUT2D eigenvalue weighted by Gasteiger charge is -2.14. The van der Waals surface area contributed by atoms with Crippen LogP contribution in [0, 0.1) is 0 Å². The molecule has 1 fully saturated rings. The lowest BCUT2D eigenvalue weighted by atomic mass is 9.92. The van der Waals surface area contributed by atoms with E-state index in [2.05, 4.69) is 10.6 Å². The van der Waals surface area contributed by atoms with Crippen molar-refractivity contribution in [1.82, 2.24) is 5.32 Å². The number of benzene rings is 5. The Morgan fingerprint density at radius 2 is 1.22 bits per heavy atom. The predicted octanol–water partition coefficient (Wildman–Crippen LogP) is 5.97. The zero-order valence-corrected chi connectivity index (χ0v) is 20.0. The maximum atomic E-state index is 11.6. The molecule has 4 N–H and O–H groups in total. The fraction of sp³-hybridized carbons (Fsp3) is 0.0968. The van der Waals surface area contributed by atoms with Gasteiger partial charge in [0.25, 0.3) is 0 Å². The second-order valence-electron chi connectivity index (χ2n) is 8.88. The summed E-state index contributed by atoms with van der Waals surface area (Å²) in [5.74, 6) is 0.144. The van der Waals surface area contributed by atoms with Gasteiger partial charge in [-0.15, -0.1) is 0 Å². The summed E-state index contributed by atoms with van der Waals surface area (Å²) in [6, 6.07) is 31.7. The quantitative estimate of drug-likeness (QED) is 0.250. The molecule has 0 aromatic heterocycles. The fourth-order valence-electron chi connectivity index (χ4n) is 4.61. The molecule has 2 amide bonds. The first-order valence-corrected chi connectivity index (χ1v) is 12.1. The number of carbonyl (C=O) groups excluding carboxylic acids is 2. The molecule has 1 aliphatic heterocycles. The number of phenols is 2. The third-order valence-electron chi connectivity index (χ3n) is 6.42. The number of hydrogen-bond acceptors (Lipinski definition) is 4. The number of para-hydroxylation sites is 1. The molecule has 37 heavy (non-hydrogen) atoms. The summed E-state index contributed by atoms with van der Waals surface area (Å²) < 4.78 is 0. The summed E-state index contributed by atoms with van der Waals surface area (Å²) in [4.78, 5) is 22.6. The van der Waals surface area contributed by atoms with Crippen molar-refractivity contribution in [3.63, 3.8) is 0 Å². The summed E-state index contributed by atoms with van der Waals surface area (Å²) in [5.41, 5.74) is 2.10. The van der Waals surface area contributed by atoms with Crippen LogP contribution < -0.4 is 10.6 Å². The van der Waals surface area contributed by atoms with Gasteiger partial charge in [-0.25, -0.2) is 0 Å². The highest BCUT2D eigenvalue weighted by atomic mass is 16.3. The molecule has 184 valence electrons. The molecule has 6 rings (SSSR count). The van der Waals surface area contributed by atoms with E-state index >= 15 is 0 Å². The molecular weight excluding hydrogens is 464 g/mol. The molecule has 5 aromatic rings. The summed E-state index contributed by atoms with van der Waals surface area (Å²) in [6.45, 7) is 0. The maximum Gasteiger partial charge on any atom is 0.246 e. The van der Waals surface area contributed by atoms with Gasteiger partial charge in [-0.2, -0.15) is 0 Å². The largest absolute Gasteiger partial charge is 0.507 e. The molecule has 1 atom stereocenters. The second kappa shape index (κ2) is 10.4. The van der Waals surface area contributed by atoms with Crippen LogP contribution in [0.4, 0.5) is 5.69 Å². The van der Waals surface area contributed by atoms with Crippen LogP contribution in [0.1, 0.15) is 12.8 Å². The topological polar surface area (TPSA) is 98.7 Å². The number of phenolic OH excluding ortho intramolecular Hbond substituents is 2. The minimum atomic E-state index is -0.377. The van der Waals surface area contributed by atoms with E-state index < -0.39 is 0 Å². The number of anilines is 1. The Kier molecular flexibility index (Phi) is 6.72. The number of nitrogens with one attached hydrogen (secondary N) is 2. The van der Waals surface area contributed by atoms with E-state index in [4.69, 9.17) is 0 Å². The molecule has 0 spiro atoms. The molecule has 0 aliphatic carbocycles. The Bertz CT molecular complexity index is 1510. The van der Waals surface area contributed by atoms with Gasteiger partial charge in [0.15, 0.2) is 0 Å². The van der Waals surface area contributed by atoms with Gasteiger partial charge >= 0.3 is 0 Å². The van der Waals surface area contributed by atoms with Crippen molar-refractivity contribution in [2.45, 2.75) is 18.9 Å². The van der Waals surface area contributed by atoms with E-state index in [0.29, 0.717) is 24.0 Å². The Morgan fingerprint density at radius 3 is 1.73 bits per heavy atom. The van der Waals surface area contributed by atoms with Crippen LogP contribution in [0.25, 0.3) is 32.7 Å². The molecule has 1 heterocycles. The van der Waals surface area contributed by atoms with Crippen LogP contribution in [0.15, 0.2) is 103 Å². The second-order valence-corrected chi connectivity index (χ2v) is 8.88. The highest BCUT2D eigenvalue weighted by molar-refractivity contribution is 6.09. The number of carbonyl (C=O) groups is 2. The van der Waals surface area contributed by atoms with Crippen molar-refractivity contribution in [2.75, 3.05) is 5.32 Å². The number of aromatic hydroxyl groups is 2. The number of rotatable bonds is 3. The number of fused-ring (bicyclic) bond motifs is 2. The van der Waals surface area contributed by atoms with Crippen molar-refractivity contribution in [3.05, 3.63) is 103 Å². The molecule has 0 unspecified atom stereocenters. The van der Waals surface area contributed by atoms with Crippen LogP contribution in [-0.4, -0.2) is 28.1 Å². The molecular formula is C31H26N2O4. The first-order valence-electron chi connectivity index (χ1n) is 12.1. The van der Waals surface area contributed by atoms with Crippen LogP contribution in [-0.2, 0) is 9.59 Å². The molecule has 0 radical (unpaired) electrons. The summed E-state index contributed by atoms with van der Waals surface area (Å²) >= 11 is 0. The highest BCUT2D eigenvalue weighted by Crippen LogP contribution is 2.44. The molecule has 1 aliphatic rings. The Hall–Kier alpha value is -4.84. The van der Waals surface area contributed by atoms with Crippen LogP contribution in [0.5, 0.6) is 11.5 Å². The van der Waals surface area contributed by atoms with Crippen molar-refractivity contribution in [1.29, 1.82) is 0 Å². The van der Waals surface area contributed by atoms with Gasteiger partial charge in [-0.1, -0.05) is 78.9 Å². The minimum absolute atomic E-state index is 0.0526. The van der Waals surface area contributed by atoms with Gasteiger partial charge < -0.3 is 20.8 Å². The van der Waals surface area contributed by atoms with Crippen molar-refractivity contribution < 1.29 is 19.8 Å². The Balaban J connectivity index is 0.000000164. The van der Waals surface area contributed by atoms with Crippen molar-refractivity contribution in [2.24, 2.45) is 0 Å². The minimum Gasteiger partial charge on any atom is -0.507 e. The van der Waals surface area contributed by atoms with Crippen LogP contribution in [0.2, 0.25) is 0 Å². The average Bonchev–Trinajstić information content (AvgIpc) is 3.37. The fourth-order valence-corrected chi connectivity index (χ4v) is 4.61. The number of amides is 2. The van der Waals surface area contributed by atoms with E-state index in [1.165, 1.54) is 0 Å². The van der Waals surface area contributed by atoms with Gasteiger partial charge in [0.2, 0.25) is 11.8 Å². The molecule has 0 saturated carbocycles. The summed E-state index contributed by atoms with van der Waals surface area (Å²) in [7, 11) is 0. The smallest absolute Gasteiger partial charge is 0.246 e. The van der Waals surface area contributed by atoms with E-state index in [0.717, 1.165) is 27.2 Å². The zero-order valence-electron chi connectivity index (χ0n) is 20.0. The van der Waals surface area contributed by atoms with Gasteiger partial charge in [-0.3, -0.25) is 9.59 Å². The summed E-state index contributed by atoms with van der Waals surface area (Å²) in [5, 5.41) is 30.2. The lowest BCUT2D eigenvalue weighted by molar-refractivity contribution is -0.122. The molecule has 1 saturated heterocycles. The number of hydrogen-bond donors (Lipinski definition) is 4. The van der Waals surface area contributed by atoms with Gasteiger partial charge in [-0.05, 0) is 52.2 Å². The zero-order chi connectivity index (χ0) is 25.8. The van der Waals surface area contributed by atoms with Crippen molar-refractivity contribution >= 4 is 39.0 Å². The van der Waals surface area contributed by atoms with Gasteiger partial charge in [0.1, 0.15) is 17.5 Å². The monoisotopic (exact) mass is 490 g/mol. The maximum absolute atomic E-state index is 11.6. The van der Waals surface area contributed by atoms with E-state index in [1.54, 1.807) is 12.1 Å². The molecule has 5 aromatic carbocycles.